The molecule has 2 aromatic rings. The molecule has 0 bridgehead atoms. The van der Waals surface area contributed by atoms with Crippen LogP contribution in [0.15, 0.2) is 48.7 Å². The fourth-order valence-corrected chi connectivity index (χ4v) is 5.46. The molecule has 0 saturated carbocycles. The Labute approximate surface area is 171 Å². The van der Waals surface area contributed by atoms with Crippen molar-refractivity contribution < 1.29 is 9.90 Å². The SMILES string of the molecule is O=C(CN1CC2CN(Cc3ccccn3)CC2(CO)C1)N1CCc2ccccc21. The number of nitrogens with zero attached hydrogens (tertiary/aromatic N) is 4. The lowest BCUT2D eigenvalue weighted by Crippen LogP contribution is -2.42. The van der Waals surface area contributed by atoms with Gasteiger partial charge >= 0.3 is 0 Å². The summed E-state index contributed by atoms with van der Waals surface area (Å²) in [6.45, 7) is 5.69. The summed E-state index contributed by atoms with van der Waals surface area (Å²) >= 11 is 0. The van der Waals surface area contributed by atoms with Gasteiger partial charge in [-0.05, 0) is 36.1 Å². The van der Waals surface area contributed by atoms with E-state index in [4.69, 9.17) is 0 Å². The zero-order chi connectivity index (χ0) is 19.8. The van der Waals surface area contributed by atoms with E-state index in [9.17, 15) is 9.90 Å². The average molecular weight is 393 g/mol. The summed E-state index contributed by atoms with van der Waals surface area (Å²) in [5, 5.41) is 10.2. The molecule has 3 aliphatic rings. The highest BCUT2D eigenvalue weighted by Crippen LogP contribution is 2.42. The Morgan fingerprint density at radius 2 is 1.90 bits per heavy atom. The van der Waals surface area contributed by atoms with Crippen LogP contribution in [0.25, 0.3) is 0 Å². The van der Waals surface area contributed by atoms with Crippen molar-refractivity contribution in [1.82, 2.24) is 14.8 Å². The number of hydrogen-bond donors (Lipinski definition) is 1. The molecule has 2 atom stereocenters. The number of rotatable bonds is 5. The van der Waals surface area contributed by atoms with Crippen molar-refractivity contribution in [3.05, 3.63) is 59.9 Å². The number of hydrogen-bond acceptors (Lipinski definition) is 5. The Bertz CT molecular complexity index is 889. The van der Waals surface area contributed by atoms with Crippen LogP contribution in [0.3, 0.4) is 0 Å². The van der Waals surface area contributed by atoms with Crippen LogP contribution in [-0.2, 0) is 17.8 Å². The van der Waals surface area contributed by atoms with Crippen molar-refractivity contribution in [3.8, 4) is 0 Å². The lowest BCUT2D eigenvalue weighted by Gasteiger charge is -2.28. The Hall–Kier alpha value is -2.28. The van der Waals surface area contributed by atoms with E-state index >= 15 is 0 Å². The third-order valence-electron chi connectivity index (χ3n) is 6.87. The van der Waals surface area contributed by atoms with Gasteiger partial charge in [-0.1, -0.05) is 24.3 Å². The molecule has 6 heteroatoms. The molecule has 0 radical (unpaired) electrons. The maximum absolute atomic E-state index is 13.0. The number of anilines is 1. The molecule has 1 aromatic carbocycles. The number of aromatic nitrogens is 1. The van der Waals surface area contributed by atoms with Crippen LogP contribution in [-0.4, -0.2) is 71.7 Å². The van der Waals surface area contributed by atoms with Crippen LogP contribution >= 0.6 is 0 Å². The average Bonchev–Trinajstić information content (AvgIpc) is 3.39. The minimum absolute atomic E-state index is 0.127. The molecular formula is C23H28N4O2. The van der Waals surface area contributed by atoms with Crippen molar-refractivity contribution in [2.75, 3.05) is 50.8 Å². The summed E-state index contributed by atoms with van der Waals surface area (Å²) in [6, 6.07) is 14.2. The normalized spacial score (nSPS) is 26.7. The third-order valence-corrected chi connectivity index (χ3v) is 6.87. The molecule has 0 spiro atoms. The van der Waals surface area contributed by atoms with Crippen LogP contribution in [0.5, 0.6) is 0 Å². The molecule has 2 fully saturated rings. The molecule has 152 valence electrons. The maximum atomic E-state index is 13.0. The number of likely N-dealkylation sites (tertiary alicyclic amines) is 2. The first kappa shape index (κ1) is 18.7. The molecule has 6 nitrogen and oxygen atoms in total. The molecule has 2 saturated heterocycles. The van der Waals surface area contributed by atoms with Crippen LogP contribution in [0, 0.1) is 11.3 Å². The molecule has 2 unspecified atom stereocenters. The second kappa shape index (κ2) is 7.52. The Morgan fingerprint density at radius 3 is 2.69 bits per heavy atom. The number of aliphatic hydroxyl groups is 1. The molecule has 5 rings (SSSR count). The first-order valence-corrected chi connectivity index (χ1v) is 10.5. The standard InChI is InChI=1S/C23H28N4O2/c28-17-23-15-25(13-20-6-3-4-9-24-20)11-19(23)12-26(16-23)14-22(29)27-10-8-18-5-1-2-7-21(18)27/h1-7,9,19,28H,8,10-17H2. The lowest BCUT2D eigenvalue weighted by atomic mass is 9.82. The predicted molar refractivity (Wildman–Crippen MR) is 111 cm³/mol. The van der Waals surface area contributed by atoms with Crippen LogP contribution in [0.2, 0.25) is 0 Å². The van der Waals surface area contributed by atoms with E-state index in [-0.39, 0.29) is 17.9 Å². The van der Waals surface area contributed by atoms with Gasteiger partial charge in [-0.25, -0.2) is 0 Å². The van der Waals surface area contributed by atoms with Gasteiger partial charge in [-0.2, -0.15) is 0 Å². The van der Waals surface area contributed by atoms with Gasteiger partial charge in [-0.15, -0.1) is 0 Å². The Balaban J connectivity index is 1.22. The monoisotopic (exact) mass is 392 g/mol. The Kier molecular flexibility index (Phi) is 4.86. The number of benzene rings is 1. The smallest absolute Gasteiger partial charge is 0.241 e. The largest absolute Gasteiger partial charge is 0.396 e. The van der Waals surface area contributed by atoms with E-state index < -0.39 is 0 Å². The van der Waals surface area contributed by atoms with Gasteiger partial charge in [0.05, 0.1) is 18.8 Å². The first-order chi connectivity index (χ1) is 14.2. The molecule has 1 N–H and O–H groups in total. The Morgan fingerprint density at radius 1 is 1.10 bits per heavy atom. The number of amides is 1. The van der Waals surface area contributed by atoms with Crippen LogP contribution < -0.4 is 4.90 Å². The van der Waals surface area contributed by atoms with Crippen molar-refractivity contribution in [2.24, 2.45) is 11.3 Å². The second-order valence-electron chi connectivity index (χ2n) is 8.80. The molecular weight excluding hydrogens is 364 g/mol. The fraction of sp³-hybridized carbons (Fsp3) is 0.478. The highest BCUT2D eigenvalue weighted by Gasteiger charge is 2.52. The minimum Gasteiger partial charge on any atom is -0.396 e. The van der Waals surface area contributed by atoms with E-state index in [1.807, 2.05) is 41.4 Å². The van der Waals surface area contributed by atoms with Crippen LogP contribution in [0.4, 0.5) is 5.69 Å². The van der Waals surface area contributed by atoms with E-state index in [1.54, 1.807) is 0 Å². The van der Waals surface area contributed by atoms with Gasteiger partial charge in [0.2, 0.25) is 5.91 Å². The summed E-state index contributed by atoms with van der Waals surface area (Å²) in [6.07, 6.45) is 2.77. The van der Waals surface area contributed by atoms with Gasteiger partial charge in [0.15, 0.2) is 0 Å². The number of carbonyl (C=O) groups is 1. The zero-order valence-corrected chi connectivity index (χ0v) is 16.7. The zero-order valence-electron chi connectivity index (χ0n) is 16.7. The number of pyridine rings is 1. The van der Waals surface area contributed by atoms with Crippen molar-refractivity contribution in [2.45, 2.75) is 13.0 Å². The summed E-state index contributed by atoms with van der Waals surface area (Å²) in [5.74, 6) is 0.572. The molecule has 0 aliphatic carbocycles. The molecule has 1 aromatic heterocycles. The number of para-hydroxylation sites is 1. The van der Waals surface area contributed by atoms with Crippen molar-refractivity contribution >= 4 is 11.6 Å². The third kappa shape index (κ3) is 3.45. The van der Waals surface area contributed by atoms with Gasteiger partial charge in [-0.3, -0.25) is 19.6 Å². The molecule has 1 amide bonds. The van der Waals surface area contributed by atoms with Gasteiger partial charge < -0.3 is 10.0 Å². The lowest BCUT2D eigenvalue weighted by molar-refractivity contribution is -0.119. The van der Waals surface area contributed by atoms with Crippen LogP contribution in [0.1, 0.15) is 11.3 Å². The van der Waals surface area contributed by atoms with E-state index in [0.29, 0.717) is 12.5 Å². The van der Waals surface area contributed by atoms with Crippen molar-refractivity contribution in [3.63, 3.8) is 0 Å². The molecule has 3 aliphatic heterocycles. The first-order valence-electron chi connectivity index (χ1n) is 10.5. The summed E-state index contributed by atoms with van der Waals surface area (Å²) in [5.41, 5.74) is 3.27. The molecule has 4 heterocycles. The van der Waals surface area contributed by atoms with E-state index in [0.717, 1.165) is 57.1 Å². The van der Waals surface area contributed by atoms with E-state index in [1.165, 1.54) is 5.56 Å². The second-order valence-corrected chi connectivity index (χ2v) is 8.80. The summed E-state index contributed by atoms with van der Waals surface area (Å²) < 4.78 is 0. The predicted octanol–water partition coefficient (Wildman–Crippen LogP) is 1.40. The molecule has 29 heavy (non-hydrogen) atoms. The number of fused-ring (bicyclic) bond motifs is 2. The summed E-state index contributed by atoms with van der Waals surface area (Å²) in [4.78, 5) is 24.0. The number of aliphatic hydroxyl groups excluding tert-OH is 1. The number of carbonyl (C=O) groups excluding carboxylic acids is 1. The van der Waals surface area contributed by atoms with Gasteiger partial charge in [0.1, 0.15) is 0 Å². The van der Waals surface area contributed by atoms with Crippen molar-refractivity contribution in [1.29, 1.82) is 0 Å². The van der Waals surface area contributed by atoms with Gasteiger partial charge in [0, 0.05) is 56.6 Å². The highest BCUT2D eigenvalue weighted by molar-refractivity contribution is 5.96. The topological polar surface area (TPSA) is 59.9 Å². The highest BCUT2D eigenvalue weighted by atomic mass is 16.3. The quantitative estimate of drug-likeness (QED) is 0.834. The van der Waals surface area contributed by atoms with E-state index in [2.05, 4.69) is 26.9 Å². The van der Waals surface area contributed by atoms with Gasteiger partial charge in [0.25, 0.3) is 0 Å². The summed E-state index contributed by atoms with van der Waals surface area (Å²) in [7, 11) is 0. The fourth-order valence-electron chi connectivity index (χ4n) is 5.46. The minimum atomic E-state index is -0.127. The maximum Gasteiger partial charge on any atom is 0.241 e.